The molecular weight excluding hydrogens is 364 g/mol. The average Bonchev–Trinajstić information content (AvgIpc) is 2.64. The topological polar surface area (TPSA) is 145 Å². The van der Waals surface area contributed by atoms with Crippen molar-refractivity contribution < 1.29 is 29.3 Å². The summed E-state index contributed by atoms with van der Waals surface area (Å²) in [5, 5.41) is 18.6. The highest BCUT2D eigenvalue weighted by molar-refractivity contribution is 5.92. The van der Waals surface area contributed by atoms with Gasteiger partial charge in [0.15, 0.2) is 0 Å². The molecule has 3 rings (SSSR count). The Balaban J connectivity index is 1.89. The van der Waals surface area contributed by atoms with E-state index in [0.29, 0.717) is 22.9 Å². The van der Waals surface area contributed by atoms with Crippen molar-refractivity contribution in [2.45, 2.75) is 0 Å². The minimum absolute atomic E-state index is 0.0852. The molecule has 3 aromatic rings. The number of nitrogen functional groups attached to an aromatic ring is 2. The second-order valence-electron chi connectivity index (χ2n) is 5.80. The van der Waals surface area contributed by atoms with E-state index in [2.05, 4.69) is 0 Å². The number of ether oxygens (including phenoxy) is 2. The summed E-state index contributed by atoms with van der Waals surface area (Å²) in [6, 6.07) is 14.9. The van der Waals surface area contributed by atoms with Gasteiger partial charge in [0.05, 0.1) is 0 Å². The number of carboxylic acids is 2. The molecule has 0 heterocycles. The zero-order chi connectivity index (χ0) is 20.3. The van der Waals surface area contributed by atoms with E-state index in [1.807, 2.05) is 0 Å². The maximum atomic E-state index is 11.4. The van der Waals surface area contributed by atoms with Crippen LogP contribution in [0.15, 0.2) is 60.7 Å². The molecular formula is C20H16N2O6. The molecule has 0 saturated heterocycles. The van der Waals surface area contributed by atoms with Crippen LogP contribution in [0.3, 0.4) is 0 Å². The van der Waals surface area contributed by atoms with Crippen LogP contribution in [0.2, 0.25) is 0 Å². The van der Waals surface area contributed by atoms with E-state index in [1.54, 1.807) is 18.2 Å². The lowest BCUT2D eigenvalue weighted by Crippen LogP contribution is -2.02. The molecule has 0 radical (unpaired) electrons. The second-order valence-corrected chi connectivity index (χ2v) is 5.80. The summed E-state index contributed by atoms with van der Waals surface area (Å²) >= 11 is 0. The van der Waals surface area contributed by atoms with Crippen LogP contribution in [0.25, 0.3) is 0 Å². The SMILES string of the molecule is Nc1ccc(Oc2cccc(Oc3ccc(N)cc3C(=O)O)c2)c(C(=O)O)c1. The largest absolute Gasteiger partial charge is 0.478 e. The Morgan fingerprint density at radius 2 is 1.11 bits per heavy atom. The van der Waals surface area contributed by atoms with Crippen molar-refractivity contribution in [1.82, 2.24) is 0 Å². The minimum atomic E-state index is -1.18. The van der Waals surface area contributed by atoms with Crippen molar-refractivity contribution in [3.63, 3.8) is 0 Å². The van der Waals surface area contributed by atoms with Crippen molar-refractivity contribution in [2.75, 3.05) is 11.5 Å². The van der Waals surface area contributed by atoms with Crippen molar-refractivity contribution in [3.05, 3.63) is 71.8 Å². The normalized spacial score (nSPS) is 10.3. The van der Waals surface area contributed by atoms with Gasteiger partial charge in [0.2, 0.25) is 0 Å². The molecule has 8 heteroatoms. The van der Waals surface area contributed by atoms with Crippen molar-refractivity contribution in [3.8, 4) is 23.0 Å². The van der Waals surface area contributed by atoms with Gasteiger partial charge in [-0.3, -0.25) is 0 Å². The van der Waals surface area contributed by atoms with Gasteiger partial charge in [-0.25, -0.2) is 9.59 Å². The fourth-order valence-corrected chi connectivity index (χ4v) is 2.46. The van der Waals surface area contributed by atoms with Crippen LogP contribution in [0, 0.1) is 0 Å². The molecule has 142 valence electrons. The van der Waals surface area contributed by atoms with Crippen LogP contribution in [-0.2, 0) is 0 Å². The first-order valence-electron chi connectivity index (χ1n) is 8.05. The molecule has 0 saturated carbocycles. The smallest absolute Gasteiger partial charge is 0.339 e. The molecule has 0 bridgehead atoms. The van der Waals surface area contributed by atoms with Gasteiger partial charge in [-0.15, -0.1) is 0 Å². The van der Waals surface area contributed by atoms with Gasteiger partial charge in [-0.05, 0) is 48.5 Å². The van der Waals surface area contributed by atoms with Crippen LogP contribution in [-0.4, -0.2) is 22.2 Å². The summed E-state index contributed by atoms with van der Waals surface area (Å²) in [7, 11) is 0. The Labute approximate surface area is 159 Å². The molecule has 0 aliphatic rings. The van der Waals surface area contributed by atoms with E-state index in [4.69, 9.17) is 20.9 Å². The second kappa shape index (κ2) is 7.58. The first kappa shape index (κ1) is 18.6. The van der Waals surface area contributed by atoms with Gasteiger partial charge >= 0.3 is 11.9 Å². The highest BCUT2D eigenvalue weighted by atomic mass is 16.5. The number of hydrogen-bond acceptors (Lipinski definition) is 6. The maximum absolute atomic E-state index is 11.4. The molecule has 0 aliphatic heterocycles. The van der Waals surface area contributed by atoms with Gasteiger partial charge in [-0.1, -0.05) is 6.07 Å². The standard InChI is InChI=1S/C20H16N2O6/c21-11-4-6-17(15(8-11)19(23)24)27-13-2-1-3-14(10-13)28-18-7-5-12(22)9-16(18)20(25)26/h1-10H,21-22H2,(H,23,24)(H,25,26). The summed E-state index contributed by atoms with van der Waals surface area (Å²) in [5.41, 5.74) is 11.7. The molecule has 3 aromatic carbocycles. The maximum Gasteiger partial charge on any atom is 0.339 e. The predicted octanol–water partition coefficient (Wildman–Crippen LogP) is 3.83. The molecule has 28 heavy (non-hydrogen) atoms. The lowest BCUT2D eigenvalue weighted by Gasteiger charge is -2.12. The van der Waals surface area contributed by atoms with Crippen LogP contribution in [0.1, 0.15) is 20.7 Å². The first-order chi connectivity index (χ1) is 13.3. The number of hydrogen-bond donors (Lipinski definition) is 4. The predicted molar refractivity (Wildman–Crippen MR) is 102 cm³/mol. The lowest BCUT2D eigenvalue weighted by molar-refractivity contribution is 0.0683. The Hall–Kier alpha value is -4.20. The Morgan fingerprint density at radius 1 is 0.679 bits per heavy atom. The molecule has 8 nitrogen and oxygen atoms in total. The highest BCUT2D eigenvalue weighted by Crippen LogP contribution is 2.32. The minimum Gasteiger partial charge on any atom is -0.478 e. The molecule has 0 unspecified atom stereocenters. The Bertz CT molecular complexity index is 984. The van der Waals surface area contributed by atoms with E-state index in [0.717, 1.165) is 0 Å². The molecule has 6 N–H and O–H groups in total. The van der Waals surface area contributed by atoms with Crippen LogP contribution in [0.4, 0.5) is 11.4 Å². The zero-order valence-electron chi connectivity index (χ0n) is 14.5. The number of carboxylic acid groups (broad SMARTS) is 2. The van der Waals surface area contributed by atoms with E-state index in [1.165, 1.54) is 42.5 Å². The number of carbonyl (C=O) groups is 2. The third-order valence-electron chi connectivity index (χ3n) is 3.73. The molecule has 0 amide bonds. The van der Waals surface area contributed by atoms with Gasteiger partial charge < -0.3 is 31.2 Å². The molecule has 0 fully saturated rings. The Morgan fingerprint density at radius 3 is 1.50 bits per heavy atom. The molecule has 0 spiro atoms. The summed E-state index contributed by atoms with van der Waals surface area (Å²) < 4.78 is 11.3. The number of aromatic carboxylic acids is 2. The summed E-state index contributed by atoms with van der Waals surface area (Å²) in [6.07, 6.45) is 0. The fraction of sp³-hybridized carbons (Fsp3) is 0. The van der Waals surface area contributed by atoms with Gasteiger partial charge in [-0.2, -0.15) is 0 Å². The quantitative estimate of drug-likeness (QED) is 0.472. The number of anilines is 2. The third kappa shape index (κ3) is 4.13. The number of rotatable bonds is 6. The molecule has 0 aliphatic carbocycles. The van der Waals surface area contributed by atoms with Crippen molar-refractivity contribution in [2.24, 2.45) is 0 Å². The van der Waals surface area contributed by atoms with E-state index in [9.17, 15) is 19.8 Å². The summed E-state index contributed by atoms with van der Waals surface area (Å²) in [5.74, 6) is -1.53. The number of benzene rings is 3. The Kier molecular flexibility index (Phi) is 5.03. The molecule has 0 aromatic heterocycles. The van der Waals surface area contributed by atoms with Gasteiger partial charge in [0.1, 0.15) is 34.1 Å². The third-order valence-corrected chi connectivity index (χ3v) is 3.73. The van der Waals surface area contributed by atoms with E-state index >= 15 is 0 Å². The highest BCUT2D eigenvalue weighted by Gasteiger charge is 2.15. The lowest BCUT2D eigenvalue weighted by atomic mass is 10.1. The van der Waals surface area contributed by atoms with E-state index in [-0.39, 0.29) is 22.6 Å². The monoisotopic (exact) mass is 380 g/mol. The molecule has 0 atom stereocenters. The van der Waals surface area contributed by atoms with Gasteiger partial charge in [0.25, 0.3) is 0 Å². The number of nitrogens with two attached hydrogens (primary N) is 2. The van der Waals surface area contributed by atoms with Crippen LogP contribution in [0.5, 0.6) is 23.0 Å². The van der Waals surface area contributed by atoms with Crippen molar-refractivity contribution in [1.29, 1.82) is 0 Å². The first-order valence-corrected chi connectivity index (χ1v) is 8.05. The average molecular weight is 380 g/mol. The van der Waals surface area contributed by atoms with Crippen LogP contribution >= 0.6 is 0 Å². The summed E-state index contributed by atoms with van der Waals surface area (Å²) in [4.78, 5) is 22.8. The summed E-state index contributed by atoms with van der Waals surface area (Å²) in [6.45, 7) is 0. The van der Waals surface area contributed by atoms with Crippen molar-refractivity contribution >= 4 is 23.3 Å². The van der Waals surface area contributed by atoms with Gasteiger partial charge in [0, 0.05) is 17.4 Å². The fourth-order valence-electron chi connectivity index (χ4n) is 2.46. The zero-order valence-corrected chi connectivity index (χ0v) is 14.5. The van der Waals surface area contributed by atoms with E-state index < -0.39 is 11.9 Å². The van der Waals surface area contributed by atoms with Crippen LogP contribution < -0.4 is 20.9 Å².